The first-order valence-electron chi connectivity index (χ1n) is 4.34. The molecule has 0 aromatic heterocycles. The van der Waals surface area contributed by atoms with Gasteiger partial charge in [-0.3, -0.25) is 0 Å². The smallest absolute Gasteiger partial charge is 0.121 e. The second-order valence-electron chi connectivity index (χ2n) is 2.97. The number of aliphatic hydroxyl groups is 1. The summed E-state index contributed by atoms with van der Waals surface area (Å²) in [4.78, 5) is 0. The van der Waals surface area contributed by atoms with E-state index in [-0.39, 0.29) is 18.1 Å². The third-order valence-corrected chi connectivity index (χ3v) is 2.04. The predicted molar refractivity (Wildman–Crippen MR) is 49.7 cm³/mol. The van der Waals surface area contributed by atoms with E-state index in [1.807, 2.05) is 6.92 Å². The maximum Gasteiger partial charge on any atom is 0.121 e. The van der Waals surface area contributed by atoms with Crippen LogP contribution in [-0.2, 0) is 13.0 Å². The molecule has 13 heavy (non-hydrogen) atoms. The van der Waals surface area contributed by atoms with Crippen LogP contribution < -0.4 is 0 Å². The summed E-state index contributed by atoms with van der Waals surface area (Å²) >= 11 is 0. The van der Waals surface area contributed by atoms with Gasteiger partial charge < -0.3 is 15.3 Å². The quantitative estimate of drug-likeness (QED) is 0.621. The van der Waals surface area contributed by atoms with Crippen LogP contribution in [0.25, 0.3) is 0 Å². The Morgan fingerprint density at radius 1 is 1.08 bits per heavy atom. The standard InChI is InChI=1S/C10H14O3/c1-2-3-7-8(6-11)10(13)5-4-9(7)12/h4-5,11-13H,2-3,6H2,1H3. The van der Waals surface area contributed by atoms with Crippen molar-refractivity contribution in [3.63, 3.8) is 0 Å². The Hall–Kier alpha value is -1.22. The van der Waals surface area contributed by atoms with Crippen molar-refractivity contribution in [3.8, 4) is 11.5 Å². The van der Waals surface area contributed by atoms with Crippen LogP contribution in [0.15, 0.2) is 12.1 Å². The predicted octanol–water partition coefficient (Wildman–Crippen LogP) is 1.54. The van der Waals surface area contributed by atoms with Crippen molar-refractivity contribution >= 4 is 0 Å². The van der Waals surface area contributed by atoms with Gasteiger partial charge in [-0.2, -0.15) is 0 Å². The lowest BCUT2D eigenvalue weighted by Gasteiger charge is -2.10. The minimum absolute atomic E-state index is 0.0451. The summed E-state index contributed by atoms with van der Waals surface area (Å²) in [7, 11) is 0. The minimum Gasteiger partial charge on any atom is -0.508 e. The van der Waals surface area contributed by atoms with E-state index in [0.29, 0.717) is 17.5 Å². The molecular weight excluding hydrogens is 168 g/mol. The number of benzene rings is 1. The maximum absolute atomic E-state index is 9.46. The highest BCUT2D eigenvalue weighted by Crippen LogP contribution is 2.29. The molecular formula is C10H14O3. The van der Waals surface area contributed by atoms with Gasteiger partial charge in [-0.1, -0.05) is 13.3 Å². The Morgan fingerprint density at radius 3 is 2.08 bits per heavy atom. The Bertz CT molecular complexity index is 294. The highest BCUT2D eigenvalue weighted by molar-refractivity contribution is 5.47. The largest absolute Gasteiger partial charge is 0.508 e. The van der Waals surface area contributed by atoms with E-state index in [1.165, 1.54) is 12.1 Å². The summed E-state index contributed by atoms with van der Waals surface area (Å²) in [5.74, 6) is 0.187. The summed E-state index contributed by atoms with van der Waals surface area (Å²) in [5.41, 5.74) is 1.08. The van der Waals surface area contributed by atoms with Gasteiger partial charge in [0.2, 0.25) is 0 Å². The van der Waals surface area contributed by atoms with Crippen molar-refractivity contribution < 1.29 is 15.3 Å². The van der Waals surface area contributed by atoms with Gasteiger partial charge in [0, 0.05) is 11.1 Å². The molecule has 0 heterocycles. The van der Waals surface area contributed by atoms with Crippen molar-refractivity contribution in [1.82, 2.24) is 0 Å². The summed E-state index contributed by atoms with van der Waals surface area (Å²) in [6, 6.07) is 2.83. The van der Waals surface area contributed by atoms with Gasteiger partial charge in [0.1, 0.15) is 11.5 Å². The van der Waals surface area contributed by atoms with E-state index in [4.69, 9.17) is 5.11 Å². The molecule has 3 nitrogen and oxygen atoms in total. The van der Waals surface area contributed by atoms with E-state index in [2.05, 4.69) is 0 Å². The van der Waals surface area contributed by atoms with E-state index in [9.17, 15) is 10.2 Å². The van der Waals surface area contributed by atoms with Crippen molar-refractivity contribution in [2.75, 3.05) is 0 Å². The van der Waals surface area contributed by atoms with Crippen LogP contribution in [0.2, 0.25) is 0 Å². The second kappa shape index (κ2) is 4.14. The van der Waals surface area contributed by atoms with E-state index >= 15 is 0 Å². The molecule has 0 bridgehead atoms. The first-order valence-corrected chi connectivity index (χ1v) is 4.34. The highest BCUT2D eigenvalue weighted by Gasteiger charge is 2.10. The van der Waals surface area contributed by atoms with E-state index in [0.717, 1.165) is 6.42 Å². The summed E-state index contributed by atoms with van der Waals surface area (Å²) in [5, 5.41) is 27.8. The number of hydrogen-bond acceptors (Lipinski definition) is 3. The van der Waals surface area contributed by atoms with Crippen LogP contribution in [0.5, 0.6) is 11.5 Å². The molecule has 3 N–H and O–H groups in total. The van der Waals surface area contributed by atoms with Crippen LogP contribution in [-0.4, -0.2) is 15.3 Å². The summed E-state index contributed by atoms with van der Waals surface area (Å²) in [6.45, 7) is 1.74. The zero-order valence-electron chi connectivity index (χ0n) is 7.62. The first-order chi connectivity index (χ1) is 6.20. The SMILES string of the molecule is CCCc1c(O)ccc(O)c1CO. The lowest BCUT2D eigenvalue weighted by molar-refractivity contribution is 0.273. The summed E-state index contributed by atoms with van der Waals surface area (Å²) < 4.78 is 0. The number of aliphatic hydroxyl groups excluding tert-OH is 1. The van der Waals surface area contributed by atoms with Crippen LogP contribution >= 0.6 is 0 Å². The maximum atomic E-state index is 9.46. The molecule has 0 aliphatic rings. The molecule has 72 valence electrons. The summed E-state index contributed by atoms with van der Waals surface area (Å²) in [6.07, 6.45) is 1.53. The minimum atomic E-state index is -0.241. The average Bonchev–Trinajstić information content (AvgIpc) is 2.12. The number of phenols is 2. The molecule has 0 amide bonds. The van der Waals surface area contributed by atoms with Crippen molar-refractivity contribution in [2.45, 2.75) is 26.4 Å². The van der Waals surface area contributed by atoms with Gasteiger partial charge in [-0.25, -0.2) is 0 Å². The van der Waals surface area contributed by atoms with Crippen LogP contribution in [0.1, 0.15) is 24.5 Å². The highest BCUT2D eigenvalue weighted by atomic mass is 16.3. The molecule has 0 aliphatic heterocycles. The van der Waals surface area contributed by atoms with Crippen molar-refractivity contribution in [1.29, 1.82) is 0 Å². The molecule has 1 aromatic carbocycles. The molecule has 0 spiro atoms. The molecule has 0 unspecified atom stereocenters. The molecule has 0 aliphatic carbocycles. The van der Waals surface area contributed by atoms with Gasteiger partial charge in [0.25, 0.3) is 0 Å². The molecule has 0 saturated carbocycles. The first kappa shape index (κ1) is 9.86. The Balaban J connectivity index is 3.18. The van der Waals surface area contributed by atoms with Gasteiger partial charge >= 0.3 is 0 Å². The molecule has 0 atom stereocenters. The fourth-order valence-electron chi connectivity index (χ4n) is 1.37. The number of hydrogen-bond donors (Lipinski definition) is 3. The molecule has 0 saturated heterocycles. The van der Waals surface area contributed by atoms with Gasteiger partial charge in [0.15, 0.2) is 0 Å². The third kappa shape index (κ3) is 1.92. The Kier molecular flexibility index (Phi) is 3.14. The lowest BCUT2D eigenvalue weighted by Crippen LogP contribution is -1.95. The molecule has 1 aromatic rings. The molecule has 0 fully saturated rings. The van der Waals surface area contributed by atoms with E-state index < -0.39 is 0 Å². The van der Waals surface area contributed by atoms with E-state index in [1.54, 1.807) is 0 Å². The molecule has 0 radical (unpaired) electrons. The van der Waals surface area contributed by atoms with Gasteiger partial charge in [-0.15, -0.1) is 0 Å². The zero-order valence-corrected chi connectivity index (χ0v) is 7.62. The molecule has 3 heteroatoms. The van der Waals surface area contributed by atoms with Crippen molar-refractivity contribution in [3.05, 3.63) is 23.3 Å². The van der Waals surface area contributed by atoms with Crippen LogP contribution in [0, 0.1) is 0 Å². The second-order valence-corrected chi connectivity index (χ2v) is 2.97. The van der Waals surface area contributed by atoms with Gasteiger partial charge in [0.05, 0.1) is 6.61 Å². The number of rotatable bonds is 3. The van der Waals surface area contributed by atoms with Gasteiger partial charge in [-0.05, 0) is 18.6 Å². The topological polar surface area (TPSA) is 60.7 Å². The Morgan fingerprint density at radius 2 is 1.62 bits per heavy atom. The fraction of sp³-hybridized carbons (Fsp3) is 0.400. The normalized spacial score (nSPS) is 10.3. The van der Waals surface area contributed by atoms with Crippen molar-refractivity contribution in [2.24, 2.45) is 0 Å². The zero-order chi connectivity index (χ0) is 9.84. The lowest BCUT2D eigenvalue weighted by atomic mass is 10.0. The van der Waals surface area contributed by atoms with Crippen LogP contribution in [0.4, 0.5) is 0 Å². The fourth-order valence-corrected chi connectivity index (χ4v) is 1.37. The third-order valence-electron chi connectivity index (χ3n) is 2.04. The Labute approximate surface area is 77.3 Å². The number of aromatic hydroxyl groups is 2. The number of phenolic OH excluding ortho intramolecular Hbond substituents is 1. The molecule has 1 rings (SSSR count). The monoisotopic (exact) mass is 182 g/mol. The average molecular weight is 182 g/mol. The van der Waals surface area contributed by atoms with Crippen LogP contribution in [0.3, 0.4) is 0 Å².